The van der Waals surface area contributed by atoms with Crippen molar-refractivity contribution < 1.29 is 4.74 Å². The van der Waals surface area contributed by atoms with Crippen LogP contribution in [0.3, 0.4) is 0 Å². The molecule has 1 aromatic rings. The predicted octanol–water partition coefficient (Wildman–Crippen LogP) is 3.10. The van der Waals surface area contributed by atoms with Crippen LogP contribution in [0.4, 0.5) is 0 Å². The molecule has 4 heteroatoms. The molecule has 112 valence electrons. The molecule has 0 radical (unpaired) electrons. The van der Waals surface area contributed by atoms with Gasteiger partial charge in [-0.2, -0.15) is 0 Å². The minimum atomic E-state index is 0.238. The van der Waals surface area contributed by atoms with Crippen molar-refractivity contribution in [3.05, 3.63) is 34.9 Å². The Hall–Kier alpha value is -0.610. The Morgan fingerprint density at radius 2 is 2.10 bits per heavy atom. The van der Waals surface area contributed by atoms with Crippen molar-refractivity contribution in [2.24, 2.45) is 0 Å². The fourth-order valence-corrected chi connectivity index (χ4v) is 2.88. The van der Waals surface area contributed by atoms with Gasteiger partial charge < -0.3 is 10.1 Å². The van der Waals surface area contributed by atoms with Crippen molar-refractivity contribution in [3.8, 4) is 0 Å². The van der Waals surface area contributed by atoms with Gasteiger partial charge in [-0.25, -0.2) is 0 Å². The van der Waals surface area contributed by atoms with Gasteiger partial charge >= 0.3 is 0 Å². The number of nitrogens with one attached hydrogen (secondary N) is 1. The van der Waals surface area contributed by atoms with Crippen LogP contribution in [0, 0.1) is 0 Å². The lowest BCUT2D eigenvalue weighted by Gasteiger charge is -2.36. The first-order valence-corrected chi connectivity index (χ1v) is 7.79. The third-order valence-electron chi connectivity index (χ3n) is 3.92. The highest BCUT2D eigenvalue weighted by molar-refractivity contribution is 6.31. The van der Waals surface area contributed by atoms with E-state index >= 15 is 0 Å². The maximum atomic E-state index is 6.23. The quantitative estimate of drug-likeness (QED) is 0.903. The van der Waals surface area contributed by atoms with E-state index in [4.69, 9.17) is 16.3 Å². The van der Waals surface area contributed by atoms with Gasteiger partial charge in [-0.15, -0.1) is 0 Å². The van der Waals surface area contributed by atoms with E-state index in [-0.39, 0.29) is 12.1 Å². The van der Waals surface area contributed by atoms with Crippen LogP contribution >= 0.6 is 11.6 Å². The summed E-state index contributed by atoms with van der Waals surface area (Å²) in [7, 11) is 0. The lowest BCUT2D eigenvalue weighted by atomic mass is 10.1. The van der Waals surface area contributed by atoms with E-state index < -0.39 is 0 Å². The third kappa shape index (κ3) is 4.19. The zero-order valence-electron chi connectivity index (χ0n) is 12.6. The number of hydrogen-bond donors (Lipinski definition) is 1. The first-order chi connectivity index (χ1) is 9.58. The molecule has 1 aliphatic rings. The lowest BCUT2D eigenvalue weighted by molar-refractivity contribution is -0.0379. The first-order valence-electron chi connectivity index (χ1n) is 7.41. The van der Waals surface area contributed by atoms with E-state index in [2.05, 4.69) is 37.1 Å². The smallest absolute Gasteiger partial charge is 0.0827 e. The molecule has 1 fully saturated rings. The van der Waals surface area contributed by atoms with Crippen LogP contribution in [0.5, 0.6) is 0 Å². The third-order valence-corrected chi connectivity index (χ3v) is 4.27. The maximum Gasteiger partial charge on any atom is 0.0827 e. The number of rotatable bonds is 5. The predicted molar refractivity (Wildman–Crippen MR) is 84.3 cm³/mol. The summed E-state index contributed by atoms with van der Waals surface area (Å²) < 4.78 is 5.84. The van der Waals surface area contributed by atoms with E-state index in [9.17, 15) is 0 Å². The Labute approximate surface area is 127 Å². The Morgan fingerprint density at radius 1 is 1.35 bits per heavy atom. The van der Waals surface area contributed by atoms with Crippen molar-refractivity contribution in [2.45, 2.75) is 39.0 Å². The molecule has 1 aliphatic heterocycles. The molecule has 0 amide bonds. The van der Waals surface area contributed by atoms with Gasteiger partial charge in [0.15, 0.2) is 0 Å². The van der Waals surface area contributed by atoms with Crippen LogP contribution in [0.1, 0.15) is 32.4 Å². The van der Waals surface area contributed by atoms with E-state index in [1.807, 2.05) is 18.2 Å². The zero-order chi connectivity index (χ0) is 14.5. The average Bonchev–Trinajstić information content (AvgIpc) is 2.45. The SMILES string of the molecule is CC(C)N1CCOC(CN[C@H](C)c2ccccc2Cl)C1. The summed E-state index contributed by atoms with van der Waals surface area (Å²) >= 11 is 6.23. The Morgan fingerprint density at radius 3 is 2.80 bits per heavy atom. The summed E-state index contributed by atoms with van der Waals surface area (Å²) in [5.41, 5.74) is 1.14. The molecular formula is C16H25ClN2O. The second-order valence-corrected chi connectivity index (χ2v) is 6.14. The molecule has 0 saturated carbocycles. The number of hydrogen-bond acceptors (Lipinski definition) is 3. The molecule has 1 heterocycles. The zero-order valence-corrected chi connectivity index (χ0v) is 13.4. The number of benzene rings is 1. The molecule has 1 N–H and O–H groups in total. The molecular weight excluding hydrogens is 272 g/mol. The number of halogens is 1. The Kier molecular flexibility index (Phi) is 5.85. The van der Waals surface area contributed by atoms with E-state index in [1.165, 1.54) is 0 Å². The van der Waals surface area contributed by atoms with Crippen molar-refractivity contribution in [1.82, 2.24) is 10.2 Å². The first kappa shape index (κ1) is 15.8. The van der Waals surface area contributed by atoms with Crippen LogP contribution in [0.2, 0.25) is 5.02 Å². The van der Waals surface area contributed by atoms with E-state index in [1.54, 1.807) is 0 Å². The minimum absolute atomic E-state index is 0.238. The highest BCUT2D eigenvalue weighted by Crippen LogP contribution is 2.22. The molecule has 3 nitrogen and oxygen atoms in total. The van der Waals surface area contributed by atoms with Crippen molar-refractivity contribution in [2.75, 3.05) is 26.2 Å². The van der Waals surface area contributed by atoms with E-state index in [0.29, 0.717) is 6.04 Å². The number of nitrogens with zero attached hydrogens (tertiary/aromatic N) is 1. The summed E-state index contributed by atoms with van der Waals surface area (Å²) in [6.45, 7) is 10.3. The van der Waals surface area contributed by atoms with Crippen LogP contribution in [0.25, 0.3) is 0 Å². The summed E-state index contributed by atoms with van der Waals surface area (Å²) in [4.78, 5) is 2.47. The molecule has 1 unspecified atom stereocenters. The number of morpholine rings is 1. The summed E-state index contributed by atoms with van der Waals surface area (Å²) in [5, 5.41) is 4.35. The van der Waals surface area contributed by atoms with Crippen LogP contribution in [0.15, 0.2) is 24.3 Å². The molecule has 1 saturated heterocycles. The van der Waals surface area contributed by atoms with Gasteiger partial charge in [0.2, 0.25) is 0 Å². The average molecular weight is 297 g/mol. The van der Waals surface area contributed by atoms with Gasteiger partial charge in [-0.05, 0) is 32.4 Å². The van der Waals surface area contributed by atoms with Gasteiger partial charge in [0.1, 0.15) is 0 Å². The van der Waals surface area contributed by atoms with Crippen LogP contribution in [-0.4, -0.2) is 43.3 Å². The van der Waals surface area contributed by atoms with Crippen LogP contribution in [-0.2, 0) is 4.74 Å². The van der Waals surface area contributed by atoms with Crippen molar-refractivity contribution in [3.63, 3.8) is 0 Å². The van der Waals surface area contributed by atoms with Gasteiger partial charge in [0.05, 0.1) is 12.7 Å². The molecule has 20 heavy (non-hydrogen) atoms. The lowest BCUT2D eigenvalue weighted by Crippen LogP contribution is -2.49. The largest absolute Gasteiger partial charge is 0.374 e. The normalized spacial score (nSPS) is 22.1. The summed E-state index contributed by atoms with van der Waals surface area (Å²) in [6.07, 6.45) is 0.260. The van der Waals surface area contributed by atoms with Gasteiger partial charge in [0, 0.05) is 36.7 Å². The van der Waals surface area contributed by atoms with E-state index in [0.717, 1.165) is 36.8 Å². The maximum absolute atomic E-state index is 6.23. The molecule has 1 aromatic carbocycles. The Bertz CT molecular complexity index is 425. The molecule has 2 rings (SSSR count). The van der Waals surface area contributed by atoms with Gasteiger partial charge in [-0.3, -0.25) is 4.90 Å². The minimum Gasteiger partial charge on any atom is -0.374 e. The second kappa shape index (κ2) is 7.41. The molecule has 2 atom stereocenters. The molecule has 0 aliphatic carbocycles. The standard InChI is InChI=1S/C16H25ClN2O/c1-12(2)19-8-9-20-14(11-19)10-18-13(3)15-6-4-5-7-16(15)17/h4-7,12-14,18H,8-11H2,1-3H3/t13-,14?/m1/s1. The fourth-order valence-electron chi connectivity index (χ4n) is 2.58. The van der Waals surface area contributed by atoms with Crippen molar-refractivity contribution in [1.29, 1.82) is 0 Å². The number of ether oxygens (including phenoxy) is 1. The Balaban J connectivity index is 1.84. The summed E-state index contributed by atoms with van der Waals surface area (Å²) in [6, 6.07) is 8.82. The second-order valence-electron chi connectivity index (χ2n) is 5.73. The highest BCUT2D eigenvalue weighted by Gasteiger charge is 2.22. The molecule has 0 spiro atoms. The highest BCUT2D eigenvalue weighted by atomic mass is 35.5. The fraction of sp³-hybridized carbons (Fsp3) is 0.625. The molecule has 0 bridgehead atoms. The van der Waals surface area contributed by atoms with Crippen molar-refractivity contribution >= 4 is 11.6 Å². The summed E-state index contributed by atoms with van der Waals surface area (Å²) in [5.74, 6) is 0. The van der Waals surface area contributed by atoms with Gasteiger partial charge in [-0.1, -0.05) is 29.8 Å². The van der Waals surface area contributed by atoms with Crippen LogP contribution < -0.4 is 5.32 Å². The molecule has 0 aromatic heterocycles. The topological polar surface area (TPSA) is 24.5 Å². The monoisotopic (exact) mass is 296 g/mol. The van der Waals surface area contributed by atoms with Gasteiger partial charge in [0.25, 0.3) is 0 Å².